The summed E-state index contributed by atoms with van der Waals surface area (Å²) in [6, 6.07) is 7.43. The van der Waals surface area contributed by atoms with Gasteiger partial charge in [0, 0.05) is 18.0 Å². The standard InChI is InChI=1S/C13H8F3N3O/c14-13(15,16)20-10-4-1-3-9(7-10)11-8-18-19-6-2-5-17-12(11)19/h1-8H. The third kappa shape index (κ3) is 2.42. The number of hydrogen-bond acceptors (Lipinski definition) is 3. The van der Waals surface area contributed by atoms with Gasteiger partial charge in [-0.25, -0.2) is 9.50 Å². The molecule has 0 unspecified atom stereocenters. The Morgan fingerprint density at radius 1 is 1.15 bits per heavy atom. The molecule has 0 aliphatic carbocycles. The van der Waals surface area contributed by atoms with E-state index in [2.05, 4.69) is 14.8 Å². The van der Waals surface area contributed by atoms with Crippen LogP contribution in [0.5, 0.6) is 5.75 Å². The number of nitrogens with zero attached hydrogens (tertiary/aromatic N) is 3. The maximum Gasteiger partial charge on any atom is 0.573 e. The molecule has 0 saturated carbocycles. The first kappa shape index (κ1) is 12.5. The van der Waals surface area contributed by atoms with E-state index in [9.17, 15) is 13.2 Å². The Hall–Kier alpha value is -2.57. The second-order valence-electron chi connectivity index (χ2n) is 4.02. The van der Waals surface area contributed by atoms with Gasteiger partial charge in [0.2, 0.25) is 0 Å². The third-order valence-corrected chi connectivity index (χ3v) is 2.66. The van der Waals surface area contributed by atoms with Gasteiger partial charge in [-0.1, -0.05) is 12.1 Å². The summed E-state index contributed by atoms with van der Waals surface area (Å²) in [6.07, 6.45) is 0.144. The molecule has 0 radical (unpaired) electrons. The number of rotatable bonds is 2. The molecule has 7 heteroatoms. The molecule has 0 aliphatic heterocycles. The summed E-state index contributed by atoms with van der Waals surface area (Å²) in [7, 11) is 0. The van der Waals surface area contributed by atoms with Crippen LogP contribution in [0.15, 0.2) is 48.9 Å². The average Bonchev–Trinajstić information content (AvgIpc) is 2.81. The summed E-state index contributed by atoms with van der Waals surface area (Å²) in [4.78, 5) is 4.16. The largest absolute Gasteiger partial charge is 0.573 e. The Morgan fingerprint density at radius 2 is 2.00 bits per heavy atom. The molecule has 0 N–H and O–H groups in total. The Morgan fingerprint density at radius 3 is 2.80 bits per heavy atom. The van der Waals surface area contributed by atoms with Crippen LogP contribution in [0.3, 0.4) is 0 Å². The Labute approximate surface area is 111 Å². The normalized spacial score (nSPS) is 11.8. The van der Waals surface area contributed by atoms with Crippen molar-refractivity contribution in [2.45, 2.75) is 6.36 Å². The van der Waals surface area contributed by atoms with Gasteiger partial charge in [0.25, 0.3) is 0 Å². The average molecular weight is 279 g/mol. The van der Waals surface area contributed by atoms with Crippen LogP contribution in [0, 0.1) is 0 Å². The lowest BCUT2D eigenvalue weighted by Crippen LogP contribution is -2.17. The van der Waals surface area contributed by atoms with Crippen LogP contribution < -0.4 is 4.74 Å². The molecular formula is C13H8F3N3O. The van der Waals surface area contributed by atoms with E-state index in [0.29, 0.717) is 16.8 Å². The molecule has 102 valence electrons. The minimum Gasteiger partial charge on any atom is -0.406 e. The van der Waals surface area contributed by atoms with Crippen LogP contribution >= 0.6 is 0 Å². The molecule has 2 aromatic heterocycles. The van der Waals surface area contributed by atoms with Crippen molar-refractivity contribution >= 4 is 5.65 Å². The van der Waals surface area contributed by atoms with Crippen molar-refractivity contribution < 1.29 is 17.9 Å². The number of fused-ring (bicyclic) bond motifs is 1. The molecule has 0 bridgehead atoms. The summed E-state index contributed by atoms with van der Waals surface area (Å²) in [5.74, 6) is -0.273. The van der Waals surface area contributed by atoms with Crippen LogP contribution in [0.1, 0.15) is 0 Å². The zero-order chi connectivity index (χ0) is 14.2. The van der Waals surface area contributed by atoms with Crippen LogP contribution in [-0.2, 0) is 0 Å². The van der Waals surface area contributed by atoms with Gasteiger partial charge in [-0.3, -0.25) is 0 Å². The lowest BCUT2D eigenvalue weighted by molar-refractivity contribution is -0.274. The van der Waals surface area contributed by atoms with Crippen molar-refractivity contribution in [3.8, 4) is 16.9 Å². The molecule has 2 heterocycles. The fourth-order valence-electron chi connectivity index (χ4n) is 1.89. The molecule has 20 heavy (non-hydrogen) atoms. The fourth-order valence-corrected chi connectivity index (χ4v) is 1.89. The second kappa shape index (κ2) is 4.52. The highest BCUT2D eigenvalue weighted by Gasteiger charge is 2.31. The SMILES string of the molecule is FC(F)(F)Oc1cccc(-c2cnn3cccnc23)c1. The monoisotopic (exact) mass is 279 g/mol. The van der Waals surface area contributed by atoms with Crippen molar-refractivity contribution in [2.75, 3.05) is 0 Å². The van der Waals surface area contributed by atoms with Gasteiger partial charge in [0.05, 0.1) is 6.20 Å². The minimum atomic E-state index is -4.71. The Kier molecular flexibility index (Phi) is 2.81. The summed E-state index contributed by atoms with van der Waals surface area (Å²) in [5.41, 5.74) is 1.76. The molecule has 0 aliphatic rings. The number of hydrogen-bond donors (Lipinski definition) is 0. The van der Waals surface area contributed by atoms with Crippen LogP contribution in [0.25, 0.3) is 16.8 Å². The lowest BCUT2D eigenvalue weighted by Gasteiger charge is -2.09. The van der Waals surface area contributed by atoms with Crippen molar-refractivity contribution in [3.63, 3.8) is 0 Å². The van der Waals surface area contributed by atoms with Gasteiger partial charge in [0.1, 0.15) is 5.75 Å². The minimum absolute atomic E-state index is 0.273. The van der Waals surface area contributed by atoms with Crippen LogP contribution in [0.2, 0.25) is 0 Å². The number of aromatic nitrogens is 3. The first-order chi connectivity index (χ1) is 9.53. The summed E-state index contributed by atoms with van der Waals surface area (Å²) >= 11 is 0. The second-order valence-corrected chi connectivity index (χ2v) is 4.02. The summed E-state index contributed by atoms with van der Waals surface area (Å²) in [6.45, 7) is 0. The smallest absolute Gasteiger partial charge is 0.406 e. The van der Waals surface area contributed by atoms with E-state index in [1.54, 1.807) is 35.2 Å². The third-order valence-electron chi connectivity index (χ3n) is 2.66. The van der Waals surface area contributed by atoms with Crippen molar-refractivity contribution in [1.29, 1.82) is 0 Å². The predicted octanol–water partition coefficient (Wildman–Crippen LogP) is 3.29. The topological polar surface area (TPSA) is 39.4 Å². The molecule has 0 fully saturated rings. The van der Waals surface area contributed by atoms with E-state index < -0.39 is 6.36 Å². The Balaban J connectivity index is 2.04. The number of alkyl halides is 3. The highest BCUT2D eigenvalue weighted by atomic mass is 19.4. The number of ether oxygens (including phenoxy) is 1. The van der Waals surface area contributed by atoms with Crippen molar-refractivity contribution in [1.82, 2.24) is 14.6 Å². The van der Waals surface area contributed by atoms with E-state index in [4.69, 9.17) is 0 Å². The lowest BCUT2D eigenvalue weighted by atomic mass is 10.1. The van der Waals surface area contributed by atoms with E-state index in [1.165, 1.54) is 18.2 Å². The number of benzene rings is 1. The number of halogens is 3. The molecule has 3 aromatic rings. The van der Waals surface area contributed by atoms with E-state index >= 15 is 0 Å². The van der Waals surface area contributed by atoms with E-state index in [0.717, 1.165) is 0 Å². The molecule has 0 atom stereocenters. The summed E-state index contributed by atoms with van der Waals surface area (Å²) in [5, 5.41) is 4.09. The molecule has 4 nitrogen and oxygen atoms in total. The molecular weight excluding hydrogens is 271 g/mol. The molecule has 1 aromatic carbocycles. The Bertz CT molecular complexity index is 752. The predicted molar refractivity (Wildman–Crippen MR) is 65.1 cm³/mol. The quantitative estimate of drug-likeness (QED) is 0.722. The maximum absolute atomic E-state index is 12.2. The highest BCUT2D eigenvalue weighted by molar-refractivity contribution is 5.77. The first-order valence-corrected chi connectivity index (χ1v) is 5.67. The zero-order valence-electron chi connectivity index (χ0n) is 10.0. The van der Waals surface area contributed by atoms with Gasteiger partial charge >= 0.3 is 6.36 Å². The van der Waals surface area contributed by atoms with Crippen molar-refractivity contribution in [3.05, 3.63) is 48.9 Å². The van der Waals surface area contributed by atoms with Crippen LogP contribution in [0.4, 0.5) is 13.2 Å². The summed E-state index contributed by atoms with van der Waals surface area (Å²) < 4.78 is 42.1. The van der Waals surface area contributed by atoms with Gasteiger partial charge < -0.3 is 4.74 Å². The molecule has 3 rings (SSSR count). The van der Waals surface area contributed by atoms with Gasteiger partial charge in [-0.05, 0) is 23.8 Å². The molecule has 0 saturated heterocycles. The highest BCUT2D eigenvalue weighted by Crippen LogP contribution is 2.29. The maximum atomic E-state index is 12.2. The zero-order valence-corrected chi connectivity index (χ0v) is 10.0. The van der Waals surface area contributed by atoms with Gasteiger partial charge in [0.15, 0.2) is 5.65 Å². The van der Waals surface area contributed by atoms with Gasteiger partial charge in [-0.15, -0.1) is 13.2 Å². The van der Waals surface area contributed by atoms with Gasteiger partial charge in [-0.2, -0.15) is 5.10 Å². The molecule has 0 spiro atoms. The fraction of sp³-hybridized carbons (Fsp3) is 0.0769. The van der Waals surface area contributed by atoms with E-state index in [-0.39, 0.29) is 5.75 Å². The first-order valence-electron chi connectivity index (χ1n) is 5.67. The molecule has 0 amide bonds. The van der Waals surface area contributed by atoms with E-state index in [1.807, 2.05) is 0 Å². The van der Waals surface area contributed by atoms with Crippen molar-refractivity contribution in [2.24, 2.45) is 0 Å². The van der Waals surface area contributed by atoms with Crippen LogP contribution in [-0.4, -0.2) is 21.0 Å².